The second kappa shape index (κ2) is 4.38. The Bertz CT molecular complexity index is 300. The summed E-state index contributed by atoms with van der Waals surface area (Å²) in [5.74, 6) is -0.976. The Morgan fingerprint density at radius 2 is 2.54 bits per heavy atom. The third-order valence-corrected chi connectivity index (χ3v) is 2.32. The molecule has 6 heteroatoms. The van der Waals surface area contributed by atoms with Crippen LogP contribution in [0.15, 0.2) is 17.1 Å². The molecule has 1 aromatic heterocycles. The molecule has 72 valence electrons. The van der Waals surface area contributed by atoms with Gasteiger partial charge in [0.05, 0.1) is 0 Å². The van der Waals surface area contributed by atoms with Gasteiger partial charge in [-0.15, -0.1) is 0 Å². The molecular formula is C7H10BrN3O2. The average Bonchev–Trinajstić information content (AvgIpc) is 2.47. The van der Waals surface area contributed by atoms with Crippen LogP contribution in [-0.4, -0.2) is 26.7 Å². The van der Waals surface area contributed by atoms with E-state index in [-0.39, 0.29) is 0 Å². The Kier molecular flexibility index (Phi) is 3.44. The molecule has 0 saturated heterocycles. The van der Waals surface area contributed by atoms with Crippen LogP contribution < -0.4 is 5.73 Å². The molecule has 0 spiro atoms. The maximum Gasteiger partial charge on any atom is 0.320 e. The standard InChI is InChI=1S/C7H10BrN3O2/c8-7-10-2-4-11(7)3-1-5(9)6(12)13/h2,4-5H,1,3,9H2,(H,12,13). The molecule has 1 heterocycles. The maximum absolute atomic E-state index is 10.4. The summed E-state index contributed by atoms with van der Waals surface area (Å²) in [6.07, 6.45) is 3.79. The lowest BCUT2D eigenvalue weighted by atomic mass is 10.2. The molecular weight excluding hydrogens is 238 g/mol. The van der Waals surface area contributed by atoms with Gasteiger partial charge in [0.1, 0.15) is 6.04 Å². The summed E-state index contributed by atoms with van der Waals surface area (Å²) >= 11 is 3.22. The van der Waals surface area contributed by atoms with Crippen LogP contribution in [0.1, 0.15) is 6.42 Å². The van der Waals surface area contributed by atoms with Crippen molar-refractivity contribution in [1.82, 2.24) is 9.55 Å². The van der Waals surface area contributed by atoms with Crippen LogP contribution in [-0.2, 0) is 11.3 Å². The molecule has 3 N–H and O–H groups in total. The molecule has 0 radical (unpaired) electrons. The fourth-order valence-electron chi connectivity index (χ4n) is 0.879. The Balaban J connectivity index is 2.44. The molecule has 0 aliphatic carbocycles. The van der Waals surface area contributed by atoms with Gasteiger partial charge in [-0.3, -0.25) is 4.79 Å². The predicted molar refractivity (Wildman–Crippen MR) is 50.2 cm³/mol. The number of rotatable bonds is 4. The first kappa shape index (κ1) is 10.2. The Morgan fingerprint density at radius 1 is 1.85 bits per heavy atom. The van der Waals surface area contributed by atoms with Crippen molar-refractivity contribution in [2.24, 2.45) is 5.73 Å². The van der Waals surface area contributed by atoms with Gasteiger partial charge in [0.2, 0.25) is 0 Å². The van der Waals surface area contributed by atoms with E-state index < -0.39 is 12.0 Å². The van der Waals surface area contributed by atoms with Crippen molar-refractivity contribution in [3.05, 3.63) is 17.1 Å². The highest BCUT2D eigenvalue weighted by atomic mass is 79.9. The number of aliphatic carboxylic acids is 1. The van der Waals surface area contributed by atoms with E-state index in [9.17, 15) is 4.79 Å². The second-order valence-corrected chi connectivity index (χ2v) is 3.33. The summed E-state index contributed by atoms with van der Waals surface area (Å²) in [7, 11) is 0. The molecule has 0 bridgehead atoms. The third kappa shape index (κ3) is 2.82. The fraction of sp³-hybridized carbons (Fsp3) is 0.429. The molecule has 0 aromatic carbocycles. The molecule has 0 saturated carbocycles. The first-order valence-electron chi connectivity index (χ1n) is 3.76. The highest BCUT2D eigenvalue weighted by molar-refractivity contribution is 9.10. The van der Waals surface area contributed by atoms with Crippen LogP contribution in [0.2, 0.25) is 0 Å². The van der Waals surface area contributed by atoms with Crippen LogP contribution in [0.5, 0.6) is 0 Å². The Hall–Kier alpha value is -0.880. The summed E-state index contributed by atoms with van der Waals surface area (Å²) < 4.78 is 2.48. The molecule has 0 fully saturated rings. The quantitative estimate of drug-likeness (QED) is 0.810. The second-order valence-electron chi connectivity index (χ2n) is 2.62. The summed E-state index contributed by atoms with van der Waals surface area (Å²) in [5.41, 5.74) is 5.33. The normalized spacial score (nSPS) is 12.8. The number of carboxylic acid groups (broad SMARTS) is 1. The van der Waals surface area contributed by atoms with E-state index in [1.807, 2.05) is 0 Å². The number of nitrogens with two attached hydrogens (primary N) is 1. The summed E-state index contributed by atoms with van der Waals surface area (Å²) in [4.78, 5) is 14.3. The SMILES string of the molecule is NC(CCn1ccnc1Br)C(=O)O. The molecule has 1 atom stereocenters. The lowest BCUT2D eigenvalue weighted by Crippen LogP contribution is -2.31. The van der Waals surface area contributed by atoms with Gasteiger partial charge in [0.25, 0.3) is 0 Å². The molecule has 0 amide bonds. The number of carboxylic acids is 1. The van der Waals surface area contributed by atoms with Crippen molar-refractivity contribution in [3.8, 4) is 0 Å². The predicted octanol–water partition coefficient (Wildman–Crippen LogP) is 0.448. The fourth-order valence-corrected chi connectivity index (χ4v) is 1.29. The monoisotopic (exact) mass is 247 g/mol. The highest BCUT2D eigenvalue weighted by Gasteiger charge is 2.11. The van der Waals surface area contributed by atoms with Gasteiger partial charge in [-0.2, -0.15) is 0 Å². The third-order valence-electron chi connectivity index (χ3n) is 1.66. The maximum atomic E-state index is 10.4. The van der Waals surface area contributed by atoms with E-state index in [2.05, 4.69) is 20.9 Å². The van der Waals surface area contributed by atoms with Gasteiger partial charge in [0.15, 0.2) is 4.73 Å². The number of aromatic nitrogens is 2. The van der Waals surface area contributed by atoms with E-state index in [0.717, 1.165) is 0 Å². The summed E-state index contributed by atoms with van der Waals surface area (Å²) in [6.45, 7) is 0.550. The number of hydrogen-bond acceptors (Lipinski definition) is 3. The highest BCUT2D eigenvalue weighted by Crippen LogP contribution is 2.07. The average molecular weight is 248 g/mol. The van der Waals surface area contributed by atoms with Crippen molar-refractivity contribution in [3.63, 3.8) is 0 Å². The van der Waals surface area contributed by atoms with Crippen molar-refractivity contribution in [2.75, 3.05) is 0 Å². The minimum atomic E-state index is -0.976. The van der Waals surface area contributed by atoms with E-state index in [1.54, 1.807) is 17.0 Å². The summed E-state index contributed by atoms with van der Waals surface area (Å²) in [6, 6.07) is -0.811. The zero-order valence-corrected chi connectivity index (χ0v) is 8.44. The first-order chi connectivity index (χ1) is 6.11. The number of imidazole rings is 1. The van der Waals surface area contributed by atoms with E-state index >= 15 is 0 Å². The van der Waals surface area contributed by atoms with Crippen molar-refractivity contribution >= 4 is 21.9 Å². The molecule has 1 aromatic rings. The van der Waals surface area contributed by atoms with Gasteiger partial charge >= 0.3 is 5.97 Å². The van der Waals surface area contributed by atoms with Crippen LogP contribution in [0.4, 0.5) is 0 Å². The van der Waals surface area contributed by atoms with Crippen molar-refractivity contribution in [2.45, 2.75) is 19.0 Å². The Labute approximate surface area is 83.7 Å². The number of aryl methyl sites for hydroxylation is 1. The van der Waals surface area contributed by atoms with Gasteiger partial charge < -0.3 is 15.4 Å². The number of halogens is 1. The first-order valence-corrected chi connectivity index (χ1v) is 4.55. The van der Waals surface area contributed by atoms with Gasteiger partial charge in [0, 0.05) is 18.9 Å². The lowest BCUT2D eigenvalue weighted by Gasteiger charge is -2.07. The minimum Gasteiger partial charge on any atom is -0.480 e. The molecule has 0 aliphatic heterocycles. The van der Waals surface area contributed by atoms with Crippen LogP contribution in [0.3, 0.4) is 0 Å². The molecule has 1 rings (SSSR count). The Morgan fingerprint density at radius 3 is 3.00 bits per heavy atom. The number of hydrogen-bond donors (Lipinski definition) is 2. The summed E-state index contributed by atoms with van der Waals surface area (Å²) in [5, 5.41) is 8.52. The van der Waals surface area contributed by atoms with Gasteiger partial charge in [-0.1, -0.05) is 0 Å². The number of carbonyl (C=O) groups is 1. The van der Waals surface area contributed by atoms with E-state index in [4.69, 9.17) is 10.8 Å². The topological polar surface area (TPSA) is 81.1 Å². The smallest absolute Gasteiger partial charge is 0.320 e. The van der Waals surface area contributed by atoms with Crippen LogP contribution in [0, 0.1) is 0 Å². The van der Waals surface area contributed by atoms with Gasteiger partial charge in [-0.25, -0.2) is 4.98 Å². The zero-order chi connectivity index (χ0) is 9.84. The van der Waals surface area contributed by atoms with Crippen molar-refractivity contribution in [1.29, 1.82) is 0 Å². The minimum absolute atomic E-state index is 0.393. The lowest BCUT2D eigenvalue weighted by molar-refractivity contribution is -0.138. The van der Waals surface area contributed by atoms with Crippen molar-refractivity contribution < 1.29 is 9.90 Å². The zero-order valence-electron chi connectivity index (χ0n) is 6.85. The van der Waals surface area contributed by atoms with E-state index in [0.29, 0.717) is 17.7 Å². The van der Waals surface area contributed by atoms with E-state index in [1.165, 1.54) is 0 Å². The largest absolute Gasteiger partial charge is 0.480 e. The molecule has 13 heavy (non-hydrogen) atoms. The van der Waals surface area contributed by atoms with Crippen LogP contribution >= 0.6 is 15.9 Å². The number of nitrogens with zero attached hydrogens (tertiary/aromatic N) is 2. The van der Waals surface area contributed by atoms with Gasteiger partial charge in [-0.05, 0) is 22.4 Å². The molecule has 0 aliphatic rings. The van der Waals surface area contributed by atoms with Crippen LogP contribution in [0.25, 0.3) is 0 Å². The molecule has 1 unspecified atom stereocenters. The molecule has 5 nitrogen and oxygen atoms in total.